The maximum Gasteiger partial charge on any atom is 0.173 e. The minimum Gasteiger partial charge on any atom is -0.370 e. The number of carbonyl (C=O) groups excluding carboxylic acids is 1. The molecule has 3 nitrogen and oxygen atoms in total. The van der Waals surface area contributed by atoms with Crippen LogP contribution in [0.3, 0.4) is 0 Å². The fourth-order valence-electron chi connectivity index (χ4n) is 4.90. The van der Waals surface area contributed by atoms with E-state index >= 15 is 0 Å². The van der Waals surface area contributed by atoms with Crippen LogP contribution in [0.5, 0.6) is 0 Å². The molecule has 0 unspecified atom stereocenters. The highest BCUT2D eigenvalue weighted by atomic mass is 16.1. The molecule has 2 aliphatic carbocycles. The molecule has 1 heterocycles. The standard InChI is InChI=1S/C23H28N2O/c1-23(2)19-9-10-20(17-5-3-6-18(21(17)19)22(23)26)25-12-4-11-24(13-14-25)15-16-7-8-16/h3,5-6,9-10,16H,4,7-8,11-15H2,1-2H3. The third-order valence-electron chi connectivity index (χ3n) is 6.65. The Hall–Kier alpha value is -1.87. The number of nitrogens with zero attached hydrogens (tertiary/aromatic N) is 2. The van der Waals surface area contributed by atoms with Gasteiger partial charge < -0.3 is 9.80 Å². The van der Waals surface area contributed by atoms with Gasteiger partial charge in [0, 0.05) is 42.8 Å². The van der Waals surface area contributed by atoms with Crippen molar-refractivity contribution in [3.05, 3.63) is 41.5 Å². The summed E-state index contributed by atoms with van der Waals surface area (Å²) in [7, 11) is 0. The predicted molar refractivity (Wildman–Crippen MR) is 107 cm³/mol. The van der Waals surface area contributed by atoms with Crippen molar-refractivity contribution in [2.75, 3.05) is 37.6 Å². The van der Waals surface area contributed by atoms with Crippen LogP contribution in [-0.2, 0) is 5.41 Å². The Bertz CT molecular complexity index is 881. The molecule has 0 atom stereocenters. The second-order valence-electron chi connectivity index (χ2n) is 8.90. The molecular formula is C23H28N2O. The van der Waals surface area contributed by atoms with Crippen molar-refractivity contribution >= 4 is 22.2 Å². The number of ketones is 1. The Morgan fingerprint density at radius 2 is 1.88 bits per heavy atom. The van der Waals surface area contributed by atoms with Crippen molar-refractivity contribution in [3.8, 4) is 0 Å². The van der Waals surface area contributed by atoms with Crippen LogP contribution >= 0.6 is 0 Å². The van der Waals surface area contributed by atoms with Crippen LogP contribution in [-0.4, -0.2) is 43.4 Å². The fourth-order valence-corrected chi connectivity index (χ4v) is 4.90. The fraction of sp³-hybridized carbons (Fsp3) is 0.522. The van der Waals surface area contributed by atoms with Gasteiger partial charge in [0.05, 0.1) is 5.41 Å². The molecule has 0 spiro atoms. The van der Waals surface area contributed by atoms with Crippen LogP contribution in [0.25, 0.3) is 10.8 Å². The lowest BCUT2D eigenvalue weighted by molar-refractivity contribution is 0.0920. The lowest BCUT2D eigenvalue weighted by Gasteiger charge is -2.26. The molecule has 5 rings (SSSR count). The van der Waals surface area contributed by atoms with Gasteiger partial charge in [0.15, 0.2) is 5.78 Å². The topological polar surface area (TPSA) is 23.6 Å². The smallest absolute Gasteiger partial charge is 0.173 e. The molecule has 1 saturated carbocycles. The van der Waals surface area contributed by atoms with Crippen LogP contribution in [0.4, 0.5) is 5.69 Å². The number of benzene rings is 2. The zero-order chi connectivity index (χ0) is 17.9. The Labute approximate surface area is 156 Å². The summed E-state index contributed by atoms with van der Waals surface area (Å²) in [6.45, 7) is 9.99. The van der Waals surface area contributed by atoms with E-state index in [9.17, 15) is 4.79 Å². The minimum absolute atomic E-state index is 0.265. The van der Waals surface area contributed by atoms with Gasteiger partial charge in [-0.2, -0.15) is 0 Å². The maximum atomic E-state index is 12.9. The van der Waals surface area contributed by atoms with Crippen LogP contribution in [0.1, 0.15) is 49.0 Å². The van der Waals surface area contributed by atoms with Gasteiger partial charge in [-0.25, -0.2) is 0 Å². The van der Waals surface area contributed by atoms with E-state index in [1.807, 2.05) is 6.07 Å². The molecular weight excluding hydrogens is 320 g/mol. The van der Waals surface area contributed by atoms with Crippen molar-refractivity contribution in [3.63, 3.8) is 0 Å². The Morgan fingerprint density at radius 1 is 1.04 bits per heavy atom. The first-order valence-electron chi connectivity index (χ1n) is 10.1. The Morgan fingerprint density at radius 3 is 2.69 bits per heavy atom. The number of rotatable bonds is 3. The van der Waals surface area contributed by atoms with Crippen molar-refractivity contribution in [2.45, 2.75) is 38.5 Å². The summed E-state index contributed by atoms with van der Waals surface area (Å²) in [5.41, 5.74) is 3.02. The summed E-state index contributed by atoms with van der Waals surface area (Å²) in [6, 6.07) is 10.7. The first kappa shape index (κ1) is 16.3. The summed E-state index contributed by atoms with van der Waals surface area (Å²) < 4.78 is 0. The quantitative estimate of drug-likeness (QED) is 0.829. The molecule has 0 amide bonds. The number of Topliss-reactive ketones (excluding diaryl/α,β-unsaturated/α-hetero) is 1. The lowest BCUT2D eigenvalue weighted by Crippen LogP contribution is -2.32. The molecule has 2 fully saturated rings. The number of hydrogen-bond acceptors (Lipinski definition) is 3. The van der Waals surface area contributed by atoms with E-state index in [4.69, 9.17) is 0 Å². The van der Waals surface area contributed by atoms with E-state index in [-0.39, 0.29) is 5.78 Å². The lowest BCUT2D eigenvalue weighted by atomic mass is 9.84. The molecule has 0 radical (unpaired) electrons. The molecule has 1 aliphatic heterocycles. The zero-order valence-electron chi connectivity index (χ0n) is 15.9. The Kier molecular flexibility index (Phi) is 3.65. The second kappa shape index (κ2) is 5.82. The average molecular weight is 348 g/mol. The van der Waals surface area contributed by atoms with E-state index in [0.717, 1.165) is 31.1 Å². The van der Waals surface area contributed by atoms with E-state index in [1.165, 1.54) is 54.4 Å². The monoisotopic (exact) mass is 348 g/mol. The largest absolute Gasteiger partial charge is 0.370 e. The highest BCUT2D eigenvalue weighted by Crippen LogP contribution is 2.45. The number of carbonyl (C=O) groups is 1. The summed E-state index contributed by atoms with van der Waals surface area (Å²) >= 11 is 0. The number of hydrogen-bond donors (Lipinski definition) is 0. The number of anilines is 1. The summed E-state index contributed by atoms with van der Waals surface area (Å²) in [5, 5.41) is 2.45. The van der Waals surface area contributed by atoms with Crippen LogP contribution in [0.15, 0.2) is 30.3 Å². The van der Waals surface area contributed by atoms with Gasteiger partial charge in [-0.15, -0.1) is 0 Å². The van der Waals surface area contributed by atoms with Crippen molar-refractivity contribution in [1.29, 1.82) is 0 Å². The molecule has 0 N–H and O–H groups in total. The van der Waals surface area contributed by atoms with Crippen molar-refractivity contribution in [1.82, 2.24) is 4.90 Å². The van der Waals surface area contributed by atoms with Gasteiger partial charge in [-0.3, -0.25) is 4.79 Å². The average Bonchev–Trinajstić information content (AvgIpc) is 3.45. The summed E-state index contributed by atoms with van der Waals surface area (Å²) in [6.07, 6.45) is 4.08. The molecule has 3 heteroatoms. The predicted octanol–water partition coefficient (Wildman–Crippen LogP) is 4.24. The first-order chi connectivity index (χ1) is 12.6. The SMILES string of the molecule is CC1(C)C(=O)c2cccc3c(N4CCCN(CC5CC5)CC4)ccc1c23. The summed E-state index contributed by atoms with van der Waals surface area (Å²) in [4.78, 5) is 18.1. The van der Waals surface area contributed by atoms with Gasteiger partial charge in [0.25, 0.3) is 0 Å². The Balaban J connectivity index is 1.51. The van der Waals surface area contributed by atoms with Crippen molar-refractivity contribution in [2.24, 2.45) is 5.92 Å². The maximum absolute atomic E-state index is 12.9. The van der Waals surface area contributed by atoms with Crippen LogP contribution in [0.2, 0.25) is 0 Å². The summed E-state index contributed by atoms with van der Waals surface area (Å²) in [5.74, 6) is 1.23. The van der Waals surface area contributed by atoms with Gasteiger partial charge in [0.1, 0.15) is 0 Å². The highest BCUT2D eigenvalue weighted by Gasteiger charge is 2.40. The van der Waals surface area contributed by atoms with Gasteiger partial charge in [-0.05, 0) is 62.6 Å². The van der Waals surface area contributed by atoms with Gasteiger partial charge >= 0.3 is 0 Å². The van der Waals surface area contributed by atoms with E-state index in [0.29, 0.717) is 0 Å². The van der Waals surface area contributed by atoms with E-state index in [2.05, 4.69) is 47.9 Å². The molecule has 3 aliphatic rings. The van der Waals surface area contributed by atoms with Crippen LogP contribution in [0, 0.1) is 5.92 Å². The molecule has 2 aromatic rings. The molecule has 1 saturated heterocycles. The minimum atomic E-state index is -0.402. The molecule has 26 heavy (non-hydrogen) atoms. The normalized spacial score (nSPS) is 22.8. The molecule has 136 valence electrons. The van der Waals surface area contributed by atoms with E-state index in [1.54, 1.807) is 0 Å². The molecule has 0 aromatic heterocycles. The third kappa shape index (κ3) is 2.48. The van der Waals surface area contributed by atoms with Crippen molar-refractivity contribution < 1.29 is 4.79 Å². The zero-order valence-corrected chi connectivity index (χ0v) is 15.9. The van der Waals surface area contributed by atoms with E-state index < -0.39 is 5.41 Å². The highest BCUT2D eigenvalue weighted by molar-refractivity contribution is 6.21. The molecule has 0 bridgehead atoms. The van der Waals surface area contributed by atoms with Gasteiger partial charge in [0.2, 0.25) is 0 Å². The first-order valence-corrected chi connectivity index (χ1v) is 10.1. The second-order valence-corrected chi connectivity index (χ2v) is 8.90. The van der Waals surface area contributed by atoms with Crippen LogP contribution < -0.4 is 4.90 Å². The molecule has 2 aromatic carbocycles. The van der Waals surface area contributed by atoms with Gasteiger partial charge in [-0.1, -0.05) is 24.3 Å². The third-order valence-corrected chi connectivity index (χ3v) is 6.65.